The Balaban J connectivity index is 2.20. The molecule has 0 aromatic heterocycles. The molecule has 0 radical (unpaired) electrons. The number of benzene rings is 1. The number of aromatic carboxylic acids is 1. The maximum atomic E-state index is 12.0. The zero-order chi connectivity index (χ0) is 13.1. The first-order valence-electron chi connectivity index (χ1n) is 5.94. The number of amides is 1. The van der Waals surface area contributed by atoms with Gasteiger partial charge in [-0.3, -0.25) is 4.79 Å². The first kappa shape index (κ1) is 12.6. The Morgan fingerprint density at radius 2 is 2.22 bits per heavy atom. The topological polar surface area (TPSA) is 78.4 Å². The molecular formula is C13H16N2O3. The molecule has 18 heavy (non-hydrogen) atoms. The molecule has 5 nitrogen and oxygen atoms in total. The van der Waals surface area contributed by atoms with Crippen molar-refractivity contribution in [3.8, 4) is 0 Å². The summed E-state index contributed by atoms with van der Waals surface area (Å²) >= 11 is 0. The largest absolute Gasteiger partial charge is 0.478 e. The number of carboxylic acids is 1. The predicted molar refractivity (Wildman–Crippen MR) is 67.7 cm³/mol. The van der Waals surface area contributed by atoms with Crippen molar-refractivity contribution in [2.45, 2.75) is 13.3 Å². The highest BCUT2D eigenvalue weighted by atomic mass is 16.4. The number of hydrogen-bond donors (Lipinski definition) is 3. The average molecular weight is 248 g/mol. The van der Waals surface area contributed by atoms with Crippen molar-refractivity contribution < 1.29 is 14.7 Å². The third-order valence-corrected chi connectivity index (χ3v) is 3.18. The van der Waals surface area contributed by atoms with Gasteiger partial charge in [0.25, 0.3) is 0 Å². The summed E-state index contributed by atoms with van der Waals surface area (Å²) in [7, 11) is 0. The SMILES string of the molecule is Cc1cccc(NC(=O)C2CCNC2)c1C(=O)O. The minimum atomic E-state index is -1.02. The highest BCUT2D eigenvalue weighted by Gasteiger charge is 2.24. The van der Waals surface area contributed by atoms with E-state index in [4.69, 9.17) is 5.11 Å². The molecule has 2 rings (SSSR count). The Kier molecular flexibility index (Phi) is 3.62. The summed E-state index contributed by atoms with van der Waals surface area (Å²) in [5.74, 6) is -1.21. The number of hydrogen-bond acceptors (Lipinski definition) is 3. The molecule has 1 heterocycles. The molecule has 1 atom stereocenters. The van der Waals surface area contributed by atoms with E-state index in [-0.39, 0.29) is 17.4 Å². The lowest BCUT2D eigenvalue weighted by Crippen LogP contribution is -2.25. The minimum absolute atomic E-state index is 0.0767. The summed E-state index contributed by atoms with van der Waals surface area (Å²) in [6, 6.07) is 5.08. The lowest BCUT2D eigenvalue weighted by Gasteiger charge is -2.13. The van der Waals surface area contributed by atoms with Crippen LogP contribution in [0.25, 0.3) is 0 Å². The van der Waals surface area contributed by atoms with Gasteiger partial charge < -0.3 is 15.7 Å². The maximum Gasteiger partial charge on any atom is 0.338 e. The average Bonchev–Trinajstić information content (AvgIpc) is 2.81. The number of rotatable bonds is 3. The summed E-state index contributed by atoms with van der Waals surface area (Å²) in [5, 5.41) is 15.0. The first-order chi connectivity index (χ1) is 8.59. The minimum Gasteiger partial charge on any atom is -0.478 e. The highest BCUT2D eigenvalue weighted by Crippen LogP contribution is 2.21. The normalized spacial score (nSPS) is 18.6. The second-order valence-corrected chi connectivity index (χ2v) is 4.48. The molecule has 0 bridgehead atoms. The van der Waals surface area contributed by atoms with Gasteiger partial charge >= 0.3 is 5.97 Å². The van der Waals surface area contributed by atoms with Crippen LogP contribution in [0.2, 0.25) is 0 Å². The standard InChI is InChI=1S/C13H16N2O3/c1-8-3-2-4-10(11(8)13(17)18)15-12(16)9-5-6-14-7-9/h2-4,9,14H,5-7H2,1H3,(H,15,16)(H,17,18). The second kappa shape index (κ2) is 5.18. The van der Waals surface area contributed by atoms with Crippen LogP contribution in [0.3, 0.4) is 0 Å². The molecule has 1 aromatic carbocycles. The Hall–Kier alpha value is -1.88. The predicted octanol–water partition coefficient (Wildman–Crippen LogP) is 1.24. The summed E-state index contributed by atoms with van der Waals surface area (Å²) in [6.45, 7) is 3.20. The third kappa shape index (κ3) is 2.51. The van der Waals surface area contributed by atoms with Gasteiger partial charge in [-0.25, -0.2) is 4.79 Å². The molecule has 1 fully saturated rings. The van der Waals surface area contributed by atoms with Crippen LogP contribution >= 0.6 is 0 Å². The summed E-state index contributed by atoms with van der Waals surface area (Å²) < 4.78 is 0. The van der Waals surface area contributed by atoms with Crippen molar-refractivity contribution in [3.63, 3.8) is 0 Å². The molecule has 1 aliphatic heterocycles. The van der Waals surface area contributed by atoms with Crippen LogP contribution in [-0.2, 0) is 4.79 Å². The Labute approximate surface area is 105 Å². The zero-order valence-electron chi connectivity index (χ0n) is 10.2. The number of aryl methyl sites for hydroxylation is 1. The molecule has 1 saturated heterocycles. The monoisotopic (exact) mass is 248 g/mol. The van der Waals surface area contributed by atoms with E-state index in [1.807, 2.05) is 0 Å². The van der Waals surface area contributed by atoms with E-state index in [1.54, 1.807) is 25.1 Å². The van der Waals surface area contributed by atoms with Crippen LogP contribution in [0, 0.1) is 12.8 Å². The summed E-state index contributed by atoms with van der Waals surface area (Å²) in [4.78, 5) is 23.1. The van der Waals surface area contributed by atoms with Crippen LogP contribution in [0.15, 0.2) is 18.2 Å². The molecule has 5 heteroatoms. The zero-order valence-corrected chi connectivity index (χ0v) is 10.2. The smallest absolute Gasteiger partial charge is 0.338 e. The molecule has 0 spiro atoms. The fourth-order valence-corrected chi connectivity index (χ4v) is 2.17. The van der Waals surface area contributed by atoms with Gasteiger partial charge in [0.05, 0.1) is 17.2 Å². The van der Waals surface area contributed by atoms with Crippen LogP contribution in [0.4, 0.5) is 5.69 Å². The van der Waals surface area contributed by atoms with E-state index in [0.717, 1.165) is 13.0 Å². The lowest BCUT2D eigenvalue weighted by molar-refractivity contribution is -0.119. The number of nitrogens with one attached hydrogen (secondary N) is 2. The van der Waals surface area contributed by atoms with E-state index in [1.165, 1.54) is 0 Å². The van der Waals surface area contributed by atoms with Crippen LogP contribution in [0.5, 0.6) is 0 Å². The van der Waals surface area contributed by atoms with Crippen molar-refractivity contribution in [3.05, 3.63) is 29.3 Å². The Morgan fingerprint density at radius 1 is 1.44 bits per heavy atom. The second-order valence-electron chi connectivity index (χ2n) is 4.48. The highest BCUT2D eigenvalue weighted by molar-refractivity contribution is 6.02. The van der Waals surface area contributed by atoms with E-state index in [0.29, 0.717) is 17.8 Å². The number of carboxylic acid groups (broad SMARTS) is 1. The van der Waals surface area contributed by atoms with Gasteiger partial charge in [-0.1, -0.05) is 12.1 Å². The van der Waals surface area contributed by atoms with E-state index < -0.39 is 5.97 Å². The van der Waals surface area contributed by atoms with Gasteiger partial charge in [0.2, 0.25) is 5.91 Å². The van der Waals surface area contributed by atoms with Crippen molar-refractivity contribution >= 4 is 17.6 Å². The van der Waals surface area contributed by atoms with Gasteiger partial charge in [-0.05, 0) is 31.5 Å². The van der Waals surface area contributed by atoms with Gasteiger partial charge in [0.1, 0.15) is 0 Å². The Morgan fingerprint density at radius 3 is 2.83 bits per heavy atom. The van der Waals surface area contributed by atoms with E-state index >= 15 is 0 Å². The van der Waals surface area contributed by atoms with Gasteiger partial charge in [-0.2, -0.15) is 0 Å². The van der Waals surface area contributed by atoms with E-state index in [2.05, 4.69) is 10.6 Å². The number of carbonyl (C=O) groups is 2. The molecule has 1 aromatic rings. The van der Waals surface area contributed by atoms with Gasteiger partial charge in [-0.15, -0.1) is 0 Å². The third-order valence-electron chi connectivity index (χ3n) is 3.18. The summed E-state index contributed by atoms with van der Waals surface area (Å²) in [5.41, 5.74) is 1.18. The van der Waals surface area contributed by atoms with Crippen molar-refractivity contribution in [1.29, 1.82) is 0 Å². The molecule has 1 unspecified atom stereocenters. The fourth-order valence-electron chi connectivity index (χ4n) is 2.17. The lowest BCUT2D eigenvalue weighted by atomic mass is 10.0. The molecular weight excluding hydrogens is 232 g/mol. The van der Waals surface area contributed by atoms with Gasteiger partial charge in [0.15, 0.2) is 0 Å². The molecule has 1 aliphatic rings. The molecule has 0 saturated carbocycles. The van der Waals surface area contributed by atoms with E-state index in [9.17, 15) is 9.59 Å². The van der Waals surface area contributed by atoms with Crippen molar-refractivity contribution in [2.75, 3.05) is 18.4 Å². The van der Waals surface area contributed by atoms with Crippen LogP contribution in [-0.4, -0.2) is 30.1 Å². The molecule has 0 aliphatic carbocycles. The van der Waals surface area contributed by atoms with Crippen LogP contribution in [0.1, 0.15) is 22.3 Å². The Bertz CT molecular complexity index is 479. The van der Waals surface area contributed by atoms with Crippen molar-refractivity contribution in [1.82, 2.24) is 5.32 Å². The fraction of sp³-hybridized carbons (Fsp3) is 0.385. The molecule has 3 N–H and O–H groups in total. The molecule has 96 valence electrons. The first-order valence-corrected chi connectivity index (χ1v) is 5.94. The summed E-state index contributed by atoms with van der Waals surface area (Å²) in [6.07, 6.45) is 0.792. The quantitative estimate of drug-likeness (QED) is 0.752. The van der Waals surface area contributed by atoms with Crippen molar-refractivity contribution in [2.24, 2.45) is 5.92 Å². The van der Waals surface area contributed by atoms with Gasteiger partial charge in [0, 0.05) is 6.54 Å². The number of carbonyl (C=O) groups excluding carboxylic acids is 1. The molecule has 1 amide bonds. The maximum absolute atomic E-state index is 12.0. The number of anilines is 1. The van der Waals surface area contributed by atoms with Crippen LogP contribution < -0.4 is 10.6 Å².